The summed E-state index contributed by atoms with van der Waals surface area (Å²) < 4.78 is 0. The minimum absolute atomic E-state index is 0.119. The van der Waals surface area contributed by atoms with Gasteiger partial charge >= 0.3 is 5.97 Å². The number of rotatable bonds is 6. The number of amides is 1. The summed E-state index contributed by atoms with van der Waals surface area (Å²) in [6.07, 6.45) is 1.67. The fraction of sp³-hybridized carbons (Fsp3) is 0.545. The molecule has 1 heterocycles. The van der Waals surface area contributed by atoms with E-state index < -0.39 is 17.6 Å². The van der Waals surface area contributed by atoms with Crippen LogP contribution in [0.25, 0.3) is 0 Å². The number of aliphatic carboxylic acids is 1. The predicted molar refractivity (Wildman–Crippen MR) is 68.1 cm³/mol. The summed E-state index contributed by atoms with van der Waals surface area (Å²) in [5, 5.41) is 13.9. The van der Waals surface area contributed by atoms with E-state index in [1.807, 2.05) is 19.2 Å². The molecular weight excluding hydrogens is 254 g/mol. The quantitative estimate of drug-likeness (QED) is 0.706. The molecule has 0 saturated heterocycles. The van der Waals surface area contributed by atoms with Crippen LogP contribution < -0.4 is 11.1 Å². The number of carbonyl (C=O) groups is 2. The summed E-state index contributed by atoms with van der Waals surface area (Å²) in [5.41, 5.74) is 5.03. The lowest BCUT2D eigenvalue weighted by Gasteiger charge is -2.25. The molecule has 0 aliphatic rings. The molecule has 1 aromatic heterocycles. The molecule has 0 aliphatic carbocycles. The van der Waals surface area contributed by atoms with Crippen LogP contribution in [0, 0.1) is 0 Å². The predicted octanol–water partition coefficient (Wildman–Crippen LogP) is 0.687. The standard InChI is InChI=1S/C11H17N3O3S/c1-11(2,10-13-5-6-18-10)14-9(17)7(12)3-4-8(15)16/h5-7H,3-4,12H2,1-2H3,(H,14,17)(H,15,16). The first kappa shape index (κ1) is 14.6. The van der Waals surface area contributed by atoms with Crippen LogP contribution in [0.3, 0.4) is 0 Å². The van der Waals surface area contributed by atoms with Crippen molar-refractivity contribution in [2.24, 2.45) is 5.73 Å². The Morgan fingerprint density at radius 1 is 1.61 bits per heavy atom. The highest BCUT2D eigenvalue weighted by molar-refractivity contribution is 7.09. The first-order chi connectivity index (χ1) is 8.33. The fourth-order valence-electron chi connectivity index (χ4n) is 1.40. The van der Waals surface area contributed by atoms with E-state index in [2.05, 4.69) is 10.3 Å². The van der Waals surface area contributed by atoms with Crippen molar-refractivity contribution < 1.29 is 14.7 Å². The molecule has 0 fully saturated rings. The lowest BCUT2D eigenvalue weighted by atomic mass is 10.0. The summed E-state index contributed by atoms with van der Waals surface area (Å²) in [5.74, 6) is -1.33. The number of nitrogens with one attached hydrogen (secondary N) is 1. The zero-order chi connectivity index (χ0) is 13.8. The van der Waals surface area contributed by atoms with Crippen molar-refractivity contribution in [1.29, 1.82) is 0 Å². The number of hydrogen-bond acceptors (Lipinski definition) is 5. The summed E-state index contributed by atoms with van der Waals surface area (Å²) in [6.45, 7) is 3.65. The van der Waals surface area contributed by atoms with Crippen molar-refractivity contribution in [2.75, 3.05) is 0 Å². The SMILES string of the molecule is CC(C)(NC(=O)C(N)CCC(=O)O)c1nccs1. The number of hydrogen-bond donors (Lipinski definition) is 3. The van der Waals surface area contributed by atoms with E-state index in [-0.39, 0.29) is 18.7 Å². The van der Waals surface area contributed by atoms with E-state index in [1.54, 1.807) is 6.20 Å². The molecule has 0 bridgehead atoms. The molecule has 4 N–H and O–H groups in total. The average molecular weight is 271 g/mol. The summed E-state index contributed by atoms with van der Waals surface area (Å²) in [6, 6.07) is -0.819. The molecule has 7 heteroatoms. The lowest BCUT2D eigenvalue weighted by Crippen LogP contribution is -2.49. The van der Waals surface area contributed by atoms with Crippen LogP contribution in [0.1, 0.15) is 31.7 Å². The molecular formula is C11H17N3O3S. The second kappa shape index (κ2) is 5.92. The van der Waals surface area contributed by atoms with Gasteiger partial charge in [0, 0.05) is 18.0 Å². The van der Waals surface area contributed by atoms with Crippen LogP contribution >= 0.6 is 11.3 Å². The normalized spacial score (nSPS) is 13.1. The Morgan fingerprint density at radius 3 is 2.78 bits per heavy atom. The summed E-state index contributed by atoms with van der Waals surface area (Å²) >= 11 is 1.44. The molecule has 0 aliphatic heterocycles. The van der Waals surface area contributed by atoms with E-state index in [0.717, 1.165) is 5.01 Å². The largest absolute Gasteiger partial charge is 0.481 e. The van der Waals surface area contributed by atoms with Crippen molar-refractivity contribution in [3.8, 4) is 0 Å². The van der Waals surface area contributed by atoms with Gasteiger partial charge in [0.2, 0.25) is 5.91 Å². The molecule has 18 heavy (non-hydrogen) atoms. The summed E-state index contributed by atoms with van der Waals surface area (Å²) in [4.78, 5) is 26.4. The van der Waals surface area contributed by atoms with Gasteiger partial charge in [0.05, 0.1) is 11.6 Å². The van der Waals surface area contributed by atoms with E-state index in [4.69, 9.17) is 10.8 Å². The Hall–Kier alpha value is -1.47. The van der Waals surface area contributed by atoms with Gasteiger partial charge in [0.1, 0.15) is 5.01 Å². The van der Waals surface area contributed by atoms with Gasteiger partial charge in [0.15, 0.2) is 0 Å². The van der Waals surface area contributed by atoms with Crippen LogP contribution in [-0.4, -0.2) is 28.0 Å². The van der Waals surface area contributed by atoms with Gasteiger partial charge in [-0.15, -0.1) is 11.3 Å². The van der Waals surface area contributed by atoms with Gasteiger partial charge in [0.25, 0.3) is 0 Å². The fourth-order valence-corrected chi connectivity index (χ4v) is 2.11. The number of carboxylic acid groups (broad SMARTS) is 1. The highest BCUT2D eigenvalue weighted by Crippen LogP contribution is 2.22. The molecule has 6 nitrogen and oxygen atoms in total. The molecule has 0 saturated carbocycles. The second-order valence-electron chi connectivity index (χ2n) is 4.49. The molecule has 1 rings (SSSR count). The smallest absolute Gasteiger partial charge is 0.303 e. The maximum Gasteiger partial charge on any atom is 0.303 e. The van der Waals surface area contributed by atoms with Gasteiger partial charge in [-0.2, -0.15) is 0 Å². The lowest BCUT2D eigenvalue weighted by molar-refractivity contribution is -0.137. The summed E-state index contributed by atoms with van der Waals surface area (Å²) in [7, 11) is 0. The van der Waals surface area contributed by atoms with Crippen molar-refractivity contribution in [1.82, 2.24) is 10.3 Å². The van der Waals surface area contributed by atoms with Crippen molar-refractivity contribution in [3.05, 3.63) is 16.6 Å². The molecule has 0 aromatic carbocycles. The maximum absolute atomic E-state index is 11.8. The number of nitrogens with two attached hydrogens (primary N) is 1. The maximum atomic E-state index is 11.8. The van der Waals surface area contributed by atoms with Crippen LogP contribution in [0.15, 0.2) is 11.6 Å². The minimum Gasteiger partial charge on any atom is -0.481 e. The van der Waals surface area contributed by atoms with E-state index in [9.17, 15) is 9.59 Å². The van der Waals surface area contributed by atoms with Crippen LogP contribution in [0.4, 0.5) is 0 Å². The number of aromatic nitrogens is 1. The van der Waals surface area contributed by atoms with Crippen LogP contribution in [0.5, 0.6) is 0 Å². The average Bonchev–Trinajstić information content (AvgIpc) is 2.79. The Balaban J connectivity index is 2.56. The molecule has 1 atom stereocenters. The molecule has 100 valence electrons. The van der Waals surface area contributed by atoms with Crippen molar-refractivity contribution in [3.63, 3.8) is 0 Å². The molecule has 1 aromatic rings. The monoisotopic (exact) mass is 271 g/mol. The Bertz CT molecular complexity index is 417. The number of carbonyl (C=O) groups excluding carboxylic acids is 1. The molecule has 0 spiro atoms. The number of nitrogens with zero attached hydrogens (tertiary/aromatic N) is 1. The number of thiazole rings is 1. The highest BCUT2D eigenvalue weighted by Gasteiger charge is 2.27. The second-order valence-corrected chi connectivity index (χ2v) is 5.38. The molecule has 0 radical (unpaired) electrons. The zero-order valence-electron chi connectivity index (χ0n) is 10.3. The van der Waals surface area contributed by atoms with Crippen LogP contribution in [0.2, 0.25) is 0 Å². The zero-order valence-corrected chi connectivity index (χ0v) is 11.2. The first-order valence-corrected chi connectivity index (χ1v) is 6.40. The Morgan fingerprint density at radius 2 is 2.28 bits per heavy atom. The number of carboxylic acids is 1. The van der Waals surface area contributed by atoms with E-state index in [0.29, 0.717) is 0 Å². The highest BCUT2D eigenvalue weighted by atomic mass is 32.1. The van der Waals surface area contributed by atoms with Gasteiger partial charge < -0.3 is 16.2 Å². The molecule has 1 unspecified atom stereocenters. The van der Waals surface area contributed by atoms with Crippen molar-refractivity contribution >= 4 is 23.2 Å². The minimum atomic E-state index is -0.961. The topological polar surface area (TPSA) is 105 Å². The van der Waals surface area contributed by atoms with Gasteiger partial charge in [-0.25, -0.2) is 4.98 Å². The Kier molecular flexibility index (Phi) is 4.80. The van der Waals surface area contributed by atoms with Gasteiger partial charge in [-0.1, -0.05) is 0 Å². The third-order valence-corrected chi connectivity index (χ3v) is 3.51. The third kappa shape index (κ3) is 4.08. The van der Waals surface area contributed by atoms with Gasteiger partial charge in [-0.05, 0) is 20.3 Å². The van der Waals surface area contributed by atoms with Gasteiger partial charge in [-0.3, -0.25) is 9.59 Å². The van der Waals surface area contributed by atoms with E-state index in [1.165, 1.54) is 11.3 Å². The van der Waals surface area contributed by atoms with Crippen LogP contribution in [-0.2, 0) is 15.1 Å². The van der Waals surface area contributed by atoms with E-state index >= 15 is 0 Å². The first-order valence-electron chi connectivity index (χ1n) is 5.52. The van der Waals surface area contributed by atoms with Crippen molar-refractivity contribution in [2.45, 2.75) is 38.3 Å². The molecule has 1 amide bonds. The Labute approximate surface area is 109 Å². The third-order valence-electron chi connectivity index (χ3n) is 2.41.